The molecule has 0 bridgehead atoms. The van der Waals surface area contributed by atoms with Crippen LogP contribution in [0.25, 0.3) is 0 Å². The van der Waals surface area contributed by atoms with Crippen LogP contribution in [0, 0.1) is 6.92 Å². The summed E-state index contributed by atoms with van der Waals surface area (Å²) in [6.07, 6.45) is 0. The van der Waals surface area contributed by atoms with E-state index in [1.54, 1.807) is 19.1 Å². The maximum Gasteiger partial charge on any atom is 0.261 e. The van der Waals surface area contributed by atoms with Gasteiger partial charge in [-0.3, -0.25) is 9.44 Å². The van der Waals surface area contributed by atoms with Crippen molar-refractivity contribution >= 4 is 54.6 Å². The van der Waals surface area contributed by atoms with Crippen LogP contribution < -0.4 is 14.2 Å². The Kier molecular flexibility index (Phi) is 6.70. The summed E-state index contributed by atoms with van der Waals surface area (Å²) in [5.74, 6) is 0.345. The van der Waals surface area contributed by atoms with Crippen LogP contribution in [-0.2, 0) is 20.0 Å². The summed E-state index contributed by atoms with van der Waals surface area (Å²) < 4.78 is 60.4. The van der Waals surface area contributed by atoms with Crippen molar-refractivity contribution in [1.82, 2.24) is 0 Å². The number of rotatable bonds is 7. The molecule has 11 heteroatoms. The number of methoxy groups -OCH3 is 1. The zero-order valence-corrected chi connectivity index (χ0v) is 19.5. The first kappa shape index (κ1) is 23.2. The van der Waals surface area contributed by atoms with Gasteiger partial charge in [0.1, 0.15) is 5.75 Å². The molecule has 0 amide bonds. The summed E-state index contributed by atoms with van der Waals surface area (Å²) in [6.45, 7) is 1.75. The number of hydrogen-bond acceptors (Lipinski definition) is 5. The van der Waals surface area contributed by atoms with E-state index in [1.165, 1.54) is 55.6 Å². The standard InChI is InChI=1S/C20H18Cl2N2O5S2/c1-13-3-4-14(21)11-19(13)24-30(25,26)16-7-5-15(6-8-16)23-31(27,28)17-9-10-20(29-2)18(22)12-17/h3-12,23-24H,1-2H3. The van der Waals surface area contributed by atoms with E-state index in [0.29, 0.717) is 22.0 Å². The minimum atomic E-state index is -3.94. The summed E-state index contributed by atoms with van der Waals surface area (Å²) in [5.41, 5.74) is 1.24. The molecule has 0 aliphatic heterocycles. The number of anilines is 2. The van der Waals surface area contributed by atoms with Crippen molar-refractivity contribution < 1.29 is 21.6 Å². The average molecular weight is 501 g/mol. The molecule has 0 saturated carbocycles. The highest BCUT2D eigenvalue weighted by molar-refractivity contribution is 7.93. The van der Waals surface area contributed by atoms with Gasteiger partial charge in [-0.15, -0.1) is 0 Å². The number of sulfonamides is 2. The monoisotopic (exact) mass is 500 g/mol. The van der Waals surface area contributed by atoms with Crippen LogP contribution in [0.4, 0.5) is 11.4 Å². The summed E-state index contributed by atoms with van der Waals surface area (Å²) in [6, 6.07) is 14.2. The molecule has 0 radical (unpaired) electrons. The van der Waals surface area contributed by atoms with Gasteiger partial charge in [0.15, 0.2) is 0 Å². The third-order valence-electron chi connectivity index (χ3n) is 4.29. The topological polar surface area (TPSA) is 102 Å². The van der Waals surface area contributed by atoms with Gasteiger partial charge in [0, 0.05) is 10.7 Å². The molecule has 31 heavy (non-hydrogen) atoms. The van der Waals surface area contributed by atoms with E-state index in [0.717, 1.165) is 0 Å². The zero-order valence-electron chi connectivity index (χ0n) is 16.4. The Morgan fingerprint density at radius 3 is 2.00 bits per heavy atom. The summed E-state index contributed by atoms with van der Waals surface area (Å²) in [5, 5.41) is 0.542. The van der Waals surface area contributed by atoms with Crippen molar-refractivity contribution in [3.63, 3.8) is 0 Å². The van der Waals surface area contributed by atoms with Crippen LogP contribution in [0.15, 0.2) is 70.5 Å². The molecule has 164 valence electrons. The van der Waals surface area contributed by atoms with E-state index in [2.05, 4.69) is 9.44 Å². The maximum atomic E-state index is 12.7. The Labute approximate surface area is 191 Å². The van der Waals surface area contributed by atoms with E-state index in [4.69, 9.17) is 27.9 Å². The molecule has 0 aliphatic rings. The van der Waals surface area contributed by atoms with Crippen LogP contribution in [0.1, 0.15) is 5.56 Å². The lowest BCUT2D eigenvalue weighted by Gasteiger charge is -2.12. The van der Waals surface area contributed by atoms with Gasteiger partial charge in [0.25, 0.3) is 20.0 Å². The molecule has 0 fully saturated rings. The van der Waals surface area contributed by atoms with E-state index in [1.807, 2.05) is 0 Å². The third-order valence-corrected chi connectivity index (χ3v) is 7.59. The summed E-state index contributed by atoms with van der Waals surface area (Å²) in [7, 11) is -6.41. The van der Waals surface area contributed by atoms with Crippen LogP contribution in [0.3, 0.4) is 0 Å². The molecule has 0 heterocycles. The minimum Gasteiger partial charge on any atom is -0.495 e. The van der Waals surface area contributed by atoms with Gasteiger partial charge in [0.2, 0.25) is 0 Å². The Morgan fingerprint density at radius 2 is 1.39 bits per heavy atom. The highest BCUT2D eigenvalue weighted by atomic mass is 35.5. The number of hydrogen-bond donors (Lipinski definition) is 2. The molecule has 3 rings (SSSR count). The first-order chi connectivity index (χ1) is 14.5. The third kappa shape index (κ3) is 5.43. The molecule has 3 aromatic rings. The fourth-order valence-electron chi connectivity index (χ4n) is 2.64. The first-order valence-electron chi connectivity index (χ1n) is 8.77. The number of benzene rings is 3. The normalized spacial score (nSPS) is 11.7. The fourth-order valence-corrected chi connectivity index (χ4v) is 5.34. The number of ether oxygens (including phenoxy) is 1. The lowest BCUT2D eigenvalue weighted by molar-refractivity contribution is 0.414. The molecule has 2 N–H and O–H groups in total. The molecular weight excluding hydrogens is 483 g/mol. The minimum absolute atomic E-state index is 0.0395. The number of halogens is 2. The van der Waals surface area contributed by atoms with E-state index in [-0.39, 0.29) is 20.5 Å². The average Bonchev–Trinajstić information content (AvgIpc) is 2.70. The van der Waals surface area contributed by atoms with E-state index < -0.39 is 20.0 Å². The van der Waals surface area contributed by atoms with Crippen molar-refractivity contribution in [3.8, 4) is 5.75 Å². The molecule has 0 unspecified atom stereocenters. The van der Waals surface area contributed by atoms with Gasteiger partial charge in [-0.2, -0.15) is 0 Å². The highest BCUT2D eigenvalue weighted by Gasteiger charge is 2.19. The molecule has 0 spiro atoms. The summed E-state index contributed by atoms with van der Waals surface area (Å²) >= 11 is 11.9. The van der Waals surface area contributed by atoms with Crippen molar-refractivity contribution in [3.05, 3.63) is 76.3 Å². The van der Waals surface area contributed by atoms with Crippen molar-refractivity contribution in [1.29, 1.82) is 0 Å². The lowest BCUT2D eigenvalue weighted by Crippen LogP contribution is -2.15. The SMILES string of the molecule is COc1ccc(S(=O)(=O)Nc2ccc(S(=O)(=O)Nc3cc(Cl)ccc3C)cc2)cc1Cl. The van der Waals surface area contributed by atoms with Crippen LogP contribution >= 0.6 is 23.2 Å². The summed E-state index contributed by atoms with van der Waals surface area (Å²) in [4.78, 5) is -0.101. The van der Waals surface area contributed by atoms with E-state index in [9.17, 15) is 16.8 Å². The first-order valence-corrected chi connectivity index (χ1v) is 12.5. The Hall–Kier alpha value is -2.46. The predicted molar refractivity (Wildman–Crippen MR) is 122 cm³/mol. The molecule has 0 aromatic heterocycles. The second-order valence-corrected chi connectivity index (χ2v) is 10.7. The van der Waals surface area contributed by atoms with Crippen LogP contribution in [0.2, 0.25) is 10.0 Å². The van der Waals surface area contributed by atoms with Gasteiger partial charge in [-0.05, 0) is 67.1 Å². The van der Waals surface area contributed by atoms with Gasteiger partial charge in [-0.1, -0.05) is 29.3 Å². The Balaban J connectivity index is 1.81. The lowest BCUT2D eigenvalue weighted by atomic mass is 10.2. The number of nitrogens with one attached hydrogen (secondary N) is 2. The van der Waals surface area contributed by atoms with Gasteiger partial charge in [0.05, 0.1) is 27.6 Å². The Bertz CT molecular complexity index is 1330. The molecular formula is C20H18Cl2N2O5S2. The zero-order chi connectivity index (χ0) is 22.8. The largest absolute Gasteiger partial charge is 0.495 e. The predicted octanol–water partition coefficient (Wildman–Crippen LogP) is 4.91. The second kappa shape index (κ2) is 8.96. The van der Waals surface area contributed by atoms with Gasteiger partial charge < -0.3 is 4.74 Å². The molecule has 3 aromatic carbocycles. The van der Waals surface area contributed by atoms with E-state index >= 15 is 0 Å². The van der Waals surface area contributed by atoms with Crippen molar-refractivity contribution in [2.45, 2.75) is 16.7 Å². The number of aryl methyl sites for hydroxylation is 1. The van der Waals surface area contributed by atoms with Crippen molar-refractivity contribution in [2.24, 2.45) is 0 Å². The maximum absolute atomic E-state index is 12.7. The van der Waals surface area contributed by atoms with Gasteiger partial charge >= 0.3 is 0 Å². The van der Waals surface area contributed by atoms with Gasteiger partial charge in [-0.25, -0.2) is 16.8 Å². The quantitative estimate of drug-likeness (QED) is 0.479. The molecule has 0 aliphatic carbocycles. The van der Waals surface area contributed by atoms with Crippen molar-refractivity contribution in [2.75, 3.05) is 16.6 Å². The second-order valence-electron chi connectivity index (χ2n) is 6.49. The molecule has 0 saturated heterocycles. The fraction of sp³-hybridized carbons (Fsp3) is 0.100. The Morgan fingerprint density at radius 1 is 0.774 bits per heavy atom. The molecule has 0 atom stereocenters. The van der Waals surface area contributed by atoms with Crippen LogP contribution in [0.5, 0.6) is 5.75 Å². The molecule has 7 nitrogen and oxygen atoms in total. The van der Waals surface area contributed by atoms with Crippen LogP contribution in [-0.4, -0.2) is 23.9 Å². The smallest absolute Gasteiger partial charge is 0.261 e. The highest BCUT2D eigenvalue weighted by Crippen LogP contribution is 2.28.